The Morgan fingerprint density at radius 1 is 0.917 bits per heavy atom. The van der Waals surface area contributed by atoms with Crippen LogP contribution in [0.1, 0.15) is 67.7 Å². The van der Waals surface area contributed by atoms with Crippen LogP contribution in [0.3, 0.4) is 0 Å². The summed E-state index contributed by atoms with van der Waals surface area (Å²) in [5.74, 6) is 0.731. The van der Waals surface area contributed by atoms with Gasteiger partial charge in [0.2, 0.25) is 0 Å². The first-order valence-electron chi connectivity index (χ1n) is 15.2. The number of carbonyl (C=O) groups excluding carboxylic acids is 2. The van der Waals surface area contributed by atoms with Gasteiger partial charge >= 0.3 is 24.4 Å². The molecule has 2 aliphatic heterocycles. The number of esters is 1. The molecule has 2 aliphatic rings. The Balaban J connectivity index is 1.56. The number of halogens is 6. The summed E-state index contributed by atoms with van der Waals surface area (Å²) in [6.07, 6.45) is -11.4. The second kappa shape index (κ2) is 12.8. The average molecular weight is 680 g/mol. The molecule has 3 aromatic rings. The number of rotatable bonds is 9. The molecule has 48 heavy (non-hydrogen) atoms. The molecule has 1 aromatic heterocycles. The monoisotopic (exact) mass is 679 g/mol. The number of pyridine rings is 1. The van der Waals surface area contributed by atoms with Crippen LogP contribution in [0.5, 0.6) is 5.75 Å². The van der Waals surface area contributed by atoms with Gasteiger partial charge in [0, 0.05) is 29.6 Å². The van der Waals surface area contributed by atoms with Crippen LogP contribution < -0.4 is 9.64 Å². The van der Waals surface area contributed by atoms with E-state index in [1.807, 2.05) is 43.0 Å². The minimum absolute atomic E-state index is 0.0359. The van der Waals surface area contributed by atoms with Gasteiger partial charge in [-0.1, -0.05) is 19.9 Å². The van der Waals surface area contributed by atoms with Gasteiger partial charge in [-0.2, -0.15) is 26.3 Å². The van der Waals surface area contributed by atoms with Crippen LogP contribution in [0.15, 0.2) is 48.5 Å². The standard InChI is InChI=1S/C34H35F6N3O5/c1-19-30(20-13-22(33(35,36)37)15-23(14-20)34(38,39)40)48-31(45)43(19)18-26-24(8-10-28(41-26)42-11-6-12-42)25-16-21(7-9-27(25)46-4)32(2,3)17-29(44)47-5/h7-10,13-16,19,30H,6,11-12,17-18H2,1-5H3/t19-,30-/m0/s1. The molecule has 2 atom stereocenters. The van der Waals surface area contributed by atoms with Crippen LogP contribution in [0.4, 0.5) is 37.0 Å². The molecule has 0 aliphatic carbocycles. The largest absolute Gasteiger partial charge is 0.496 e. The van der Waals surface area contributed by atoms with E-state index < -0.39 is 58.7 Å². The van der Waals surface area contributed by atoms with Crippen LogP contribution in [0.25, 0.3) is 11.1 Å². The number of cyclic esters (lactones) is 1. The lowest BCUT2D eigenvalue weighted by Crippen LogP contribution is -2.38. The zero-order valence-corrected chi connectivity index (χ0v) is 27.0. The molecule has 0 bridgehead atoms. The fourth-order valence-corrected chi connectivity index (χ4v) is 5.92. The zero-order valence-electron chi connectivity index (χ0n) is 27.0. The van der Waals surface area contributed by atoms with Gasteiger partial charge in [-0.3, -0.25) is 9.69 Å². The minimum Gasteiger partial charge on any atom is -0.496 e. The predicted octanol–water partition coefficient (Wildman–Crippen LogP) is 7.93. The average Bonchev–Trinajstić information content (AvgIpc) is 3.27. The van der Waals surface area contributed by atoms with Gasteiger partial charge in [0.15, 0.2) is 0 Å². The molecule has 0 radical (unpaired) electrons. The van der Waals surface area contributed by atoms with E-state index in [-0.39, 0.29) is 19.0 Å². The smallest absolute Gasteiger partial charge is 0.416 e. The Hall–Kier alpha value is -4.49. The maximum absolute atomic E-state index is 13.6. The summed E-state index contributed by atoms with van der Waals surface area (Å²) in [6, 6.07) is 9.34. The molecular formula is C34H35F6N3O5. The molecule has 0 unspecified atom stereocenters. The number of ether oxygens (including phenoxy) is 3. The summed E-state index contributed by atoms with van der Waals surface area (Å²) in [5.41, 5.74) is -1.68. The lowest BCUT2D eigenvalue weighted by molar-refractivity contribution is -0.144. The van der Waals surface area contributed by atoms with Crippen LogP contribution in [0.2, 0.25) is 0 Å². The van der Waals surface area contributed by atoms with Gasteiger partial charge in [-0.25, -0.2) is 9.78 Å². The molecule has 258 valence electrons. The van der Waals surface area contributed by atoms with Crippen molar-refractivity contribution in [2.75, 3.05) is 32.2 Å². The van der Waals surface area contributed by atoms with Crippen molar-refractivity contribution in [1.29, 1.82) is 0 Å². The minimum atomic E-state index is -5.06. The highest BCUT2D eigenvalue weighted by molar-refractivity contribution is 5.77. The highest BCUT2D eigenvalue weighted by Gasteiger charge is 2.44. The summed E-state index contributed by atoms with van der Waals surface area (Å²) in [6.45, 7) is 6.65. The van der Waals surface area contributed by atoms with Crippen LogP contribution in [-0.4, -0.2) is 55.3 Å². The first-order valence-corrected chi connectivity index (χ1v) is 15.2. The van der Waals surface area contributed by atoms with E-state index in [4.69, 9.17) is 19.2 Å². The highest BCUT2D eigenvalue weighted by Crippen LogP contribution is 2.43. The SMILES string of the molecule is COC(=O)CC(C)(C)c1ccc(OC)c(-c2ccc(N3CCC3)nc2CN2C(=O)O[C@H](c3cc(C(F)(F)F)cc(C(F)(F)F)c3)[C@@H]2C)c1. The molecule has 3 heterocycles. The Morgan fingerprint density at radius 3 is 2.10 bits per heavy atom. The molecule has 2 aromatic carbocycles. The van der Waals surface area contributed by atoms with Crippen molar-refractivity contribution >= 4 is 17.9 Å². The normalized spacial score (nSPS) is 18.4. The molecule has 0 N–H and O–H groups in total. The summed E-state index contributed by atoms with van der Waals surface area (Å²) in [4.78, 5) is 33.6. The molecule has 1 amide bonds. The molecule has 2 saturated heterocycles. The third-order valence-corrected chi connectivity index (χ3v) is 8.88. The predicted molar refractivity (Wildman–Crippen MR) is 163 cm³/mol. The highest BCUT2D eigenvalue weighted by atomic mass is 19.4. The van der Waals surface area contributed by atoms with Gasteiger partial charge in [0.1, 0.15) is 17.7 Å². The van der Waals surface area contributed by atoms with Crippen LogP contribution in [-0.2, 0) is 38.6 Å². The second-order valence-corrected chi connectivity index (χ2v) is 12.6. The maximum Gasteiger partial charge on any atom is 0.416 e. The number of nitrogens with zero attached hydrogens (tertiary/aromatic N) is 3. The number of hydrogen-bond acceptors (Lipinski definition) is 7. The van der Waals surface area contributed by atoms with E-state index in [9.17, 15) is 35.9 Å². The van der Waals surface area contributed by atoms with Gasteiger partial charge in [-0.05, 0) is 66.9 Å². The fraction of sp³-hybridized carbons (Fsp3) is 0.441. The van der Waals surface area contributed by atoms with Crippen molar-refractivity contribution in [3.8, 4) is 16.9 Å². The second-order valence-electron chi connectivity index (χ2n) is 12.6. The van der Waals surface area contributed by atoms with Crippen molar-refractivity contribution in [1.82, 2.24) is 9.88 Å². The number of carbonyl (C=O) groups is 2. The summed E-state index contributed by atoms with van der Waals surface area (Å²) >= 11 is 0. The van der Waals surface area contributed by atoms with Gasteiger partial charge in [0.25, 0.3) is 0 Å². The Bertz CT molecular complexity index is 1670. The molecule has 2 fully saturated rings. The first-order chi connectivity index (χ1) is 22.4. The molecule has 0 spiro atoms. The Kier molecular flexibility index (Phi) is 9.32. The van der Waals surface area contributed by atoms with Crippen molar-refractivity contribution in [2.24, 2.45) is 0 Å². The van der Waals surface area contributed by atoms with E-state index in [2.05, 4.69) is 0 Å². The van der Waals surface area contributed by atoms with Crippen molar-refractivity contribution in [3.05, 3.63) is 76.5 Å². The quantitative estimate of drug-likeness (QED) is 0.168. The van der Waals surface area contributed by atoms with E-state index in [0.717, 1.165) is 25.1 Å². The maximum atomic E-state index is 13.6. The van der Waals surface area contributed by atoms with Gasteiger partial charge < -0.3 is 19.1 Å². The molecule has 8 nitrogen and oxygen atoms in total. The first kappa shape index (κ1) is 34.8. The Morgan fingerprint density at radius 2 is 1.56 bits per heavy atom. The number of anilines is 1. The fourth-order valence-electron chi connectivity index (χ4n) is 5.92. The third kappa shape index (κ3) is 7.02. The number of aromatic nitrogens is 1. The lowest BCUT2D eigenvalue weighted by atomic mass is 9.80. The van der Waals surface area contributed by atoms with E-state index in [0.29, 0.717) is 40.5 Å². The molecular weight excluding hydrogens is 644 g/mol. The topological polar surface area (TPSA) is 81.2 Å². The van der Waals surface area contributed by atoms with Gasteiger partial charge in [0.05, 0.1) is 50.0 Å². The molecule has 5 rings (SSSR count). The summed E-state index contributed by atoms with van der Waals surface area (Å²) in [5, 5.41) is 0. The third-order valence-electron chi connectivity index (χ3n) is 8.88. The van der Waals surface area contributed by atoms with Crippen molar-refractivity contribution in [2.45, 2.75) is 70.1 Å². The number of alkyl halides is 6. The van der Waals surface area contributed by atoms with Gasteiger partial charge in [-0.15, -0.1) is 0 Å². The van der Waals surface area contributed by atoms with Crippen LogP contribution >= 0.6 is 0 Å². The number of amides is 1. The Labute approximate surface area is 273 Å². The van der Waals surface area contributed by atoms with E-state index >= 15 is 0 Å². The van der Waals surface area contributed by atoms with Crippen molar-refractivity contribution < 1.29 is 50.1 Å². The lowest BCUT2D eigenvalue weighted by Gasteiger charge is -2.33. The molecule has 14 heteroatoms. The number of hydrogen-bond donors (Lipinski definition) is 0. The zero-order chi connectivity index (χ0) is 35.2. The van der Waals surface area contributed by atoms with Crippen molar-refractivity contribution in [3.63, 3.8) is 0 Å². The summed E-state index contributed by atoms with van der Waals surface area (Å²) < 4.78 is 97.7. The number of benzene rings is 2. The van der Waals surface area contributed by atoms with E-state index in [1.54, 1.807) is 6.07 Å². The van der Waals surface area contributed by atoms with Crippen LogP contribution in [0, 0.1) is 0 Å². The summed E-state index contributed by atoms with van der Waals surface area (Å²) in [7, 11) is 2.81. The molecule has 0 saturated carbocycles. The van der Waals surface area contributed by atoms with E-state index in [1.165, 1.54) is 26.0 Å². The number of methoxy groups -OCH3 is 2.